The summed E-state index contributed by atoms with van der Waals surface area (Å²) < 4.78 is 0. The summed E-state index contributed by atoms with van der Waals surface area (Å²) in [4.78, 5) is 14.4. The van der Waals surface area contributed by atoms with Crippen LogP contribution in [0.5, 0.6) is 0 Å². The first-order valence-electron chi connectivity index (χ1n) is 4.91. The largest absolute Gasteiger partial charge is 0.341 e. The number of hydrogen-bond acceptors (Lipinski definition) is 1. The van der Waals surface area contributed by atoms with E-state index < -0.39 is 0 Å². The minimum absolute atomic E-state index is 0.183. The van der Waals surface area contributed by atoms with E-state index in [4.69, 9.17) is 0 Å². The molecule has 1 saturated heterocycles. The van der Waals surface area contributed by atoms with Crippen molar-refractivity contribution in [2.45, 2.75) is 38.4 Å². The molecular weight excluding hydrogens is 230 g/mol. The monoisotopic (exact) mass is 247 g/mol. The summed E-state index contributed by atoms with van der Waals surface area (Å²) in [5.74, 6) is 0.303. The second kappa shape index (κ2) is 3.99. The Morgan fingerprint density at radius 1 is 1.62 bits per heavy atom. The second-order valence-electron chi connectivity index (χ2n) is 4.37. The Balaban J connectivity index is 2.58. The maximum atomic E-state index is 11.9. The number of carbonyl (C=O) groups excluding carboxylic acids is 1. The second-order valence-corrected chi connectivity index (χ2v) is 5.67. The molecule has 0 bridgehead atoms. The number of carbonyl (C=O) groups is 1. The van der Waals surface area contributed by atoms with Crippen molar-refractivity contribution >= 4 is 21.8 Å². The smallest absolute Gasteiger partial charge is 0.228 e. The van der Waals surface area contributed by atoms with Gasteiger partial charge in [-0.1, -0.05) is 36.7 Å². The van der Waals surface area contributed by atoms with Gasteiger partial charge in [-0.15, -0.1) is 0 Å². The molecule has 76 valence electrons. The first-order chi connectivity index (χ1) is 5.97. The molecule has 0 aromatic heterocycles. The molecule has 0 radical (unpaired) electrons. The molecule has 3 heteroatoms. The van der Waals surface area contributed by atoms with Crippen molar-refractivity contribution in [3.05, 3.63) is 0 Å². The first kappa shape index (κ1) is 11.0. The van der Waals surface area contributed by atoms with Gasteiger partial charge in [0, 0.05) is 23.3 Å². The van der Waals surface area contributed by atoms with E-state index in [1.165, 1.54) is 0 Å². The molecule has 1 unspecified atom stereocenters. The molecule has 0 aromatic rings. The van der Waals surface area contributed by atoms with Crippen LogP contribution in [0.1, 0.15) is 33.6 Å². The molecule has 13 heavy (non-hydrogen) atoms. The van der Waals surface area contributed by atoms with Crippen molar-refractivity contribution in [1.82, 2.24) is 4.90 Å². The normalized spacial score (nSPS) is 23.7. The maximum absolute atomic E-state index is 11.9. The van der Waals surface area contributed by atoms with Crippen molar-refractivity contribution in [2.24, 2.45) is 5.41 Å². The third kappa shape index (κ3) is 2.46. The number of nitrogens with zero attached hydrogens (tertiary/aromatic N) is 1. The molecule has 1 heterocycles. The summed E-state index contributed by atoms with van der Waals surface area (Å²) in [5, 5.41) is 0. The lowest BCUT2D eigenvalue weighted by Gasteiger charge is -2.27. The van der Waals surface area contributed by atoms with Crippen LogP contribution in [-0.4, -0.2) is 28.7 Å². The molecule has 0 aromatic carbocycles. The molecule has 1 amide bonds. The van der Waals surface area contributed by atoms with Crippen LogP contribution >= 0.6 is 15.9 Å². The lowest BCUT2D eigenvalue weighted by Crippen LogP contribution is -2.39. The van der Waals surface area contributed by atoms with Gasteiger partial charge in [0.1, 0.15) is 0 Å². The van der Waals surface area contributed by atoms with Gasteiger partial charge in [0.25, 0.3) is 0 Å². The van der Waals surface area contributed by atoms with Gasteiger partial charge in [0.05, 0.1) is 0 Å². The van der Waals surface area contributed by atoms with E-state index in [2.05, 4.69) is 22.9 Å². The van der Waals surface area contributed by atoms with E-state index >= 15 is 0 Å². The predicted octanol–water partition coefficient (Wildman–Crippen LogP) is 2.42. The summed E-state index contributed by atoms with van der Waals surface area (Å²) in [6.07, 6.45) is 2.00. The number of alkyl halides is 1. The van der Waals surface area contributed by atoms with Gasteiger partial charge >= 0.3 is 0 Å². The van der Waals surface area contributed by atoms with Gasteiger partial charge in [0.15, 0.2) is 0 Å². The molecule has 0 spiro atoms. The van der Waals surface area contributed by atoms with Crippen molar-refractivity contribution in [1.29, 1.82) is 0 Å². The fourth-order valence-electron chi connectivity index (χ4n) is 1.48. The van der Waals surface area contributed by atoms with Gasteiger partial charge in [-0.05, 0) is 12.8 Å². The Hall–Kier alpha value is -0.0500. The average molecular weight is 248 g/mol. The topological polar surface area (TPSA) is 20.3 Å². The van der Waals surface area contributed by atoms with Crippen molar-refractivity contribution in [3.63, 3.8) is 0 Å². The fraction of sp³-hybridized carbons (Fsp3) is 0.900. The van der Waals surface area contributed by atoms with Gasteiger partial charge < -0.3 is 4.90 Å². The summed E-state index contributed by atoms with van der Waals surface area (Å²) >= 11 is 3.54. The molecule has 1 rings (SSSR count). The third-order valence-electron chi connectivity index (χ3n) is 2.88. The number of halogens is 1. The zero-order valence-electron chi connectivity index (χ0n) is 8.64. The summed E-state index contributed by atoms with van der Waals surface area (Å²) in [6, 6.07) is 0. The van der Waals surface area contributed by atoms with Crippen LogP contribution in [0.25, 0.3) is 0 Å². The molecule has 1 aliphatic heterocycles. The highest BCUT2D eigenvalue weighted by atomic mass is 79.9. The van der Waals surface area contributed by atoms with Crippen LogP contribution in [0.15, 0.2) is 0 Å². The molecule has 1 aliphatic rings. The molecule has 1 fully saturated rings. The van der Waals surface area contributed by atoms with Gasteiger partial charge in [-0.2, -0.15) is 0 Å². The minimum atomic E-state index is -0.183. The molecule has 1 atom stereocenters. The van der Waals surface area contributed by atoms with Crippen LogP contribution in [0.3, 0.4) is 0 Å². The fourth-order valence-corrected chi connectivity index (χ4v) is 2.04. The average Bonchev–Trinajstić information content (AvgIpc) is 2.50. The zero-order chi connectivity index (χ0) is 10.1. The number of likely N-dealkylation sites (tertiary alicyclic amines) is 1. The van der Waals surface area contributed by atoms with E-state index in [0.29, 0.717) is 10.7 Å². The van der Waals surface area contributed by atoms with E-state index in [0.717, 1.165) is 25.9 Å². The summed E-state index contributed by atoms with van der Waals surface area (Å²) in [7, 11) is 0. The van der Waals surface area contributed by atoms with Crippen LogP contribution in [0, 0.1) is 5.41 Å². The van der Waals surface area contributed by atoms with Crippen LogP contribution in [0.2, 0.25) is 0 Å². The highest BCUT2D eigenvalue weighted by Gasteiger charge is 2.33. The SMILES string of the molecule is CCC(C)(C)C(=O)N1CCC(Br)C1. The Bertz CT molecular complexity index is 203. The standard InChI is InChI=1S/C10H18BrNO/c1-4-10(2,3)9(13)12-6-5-8(11)7-12/h8H,4-7H2,1-3H3. The highest BCUT2D eigenvalue weighted by Crippen LogP contribution is 2.26. The van der Waals surface area contributed by atoms with E-state index in [1.807, 2.05) is 18.7 Å². The van der Waals surface area contributed by atoms with E-state index in [1.54, 1.807) is 0 Å². The van der Waals surface area contributed by atoms with E-state index in [9.17, 15) is 4.79 Å². The first-order valence-corrected chi connectivity index (χ1v) is 5.82. The lowest BCUT2D eigenvalue weighted by atomic mass is 9.89. The Morgan fingerprint density at radius 2 is 2.23 bits per heavy atom. The molecule has 0 saturated carbocycles. The number of hydrogen-bond donors (Lipinski definition) is 0. The molecule has 0 aliphatic carbocycles. The molecule has 0 N–H and O–H groups in total. The molecule has 2 nitrogen and oxygen atoms in total. The number of amides is 1. The Labute approximate surface area is 88.8 Å². The van der Waals surface area contributed by atoms with Gasteiger partial charge in [-0.3, -0.25) is 4.79 Å². The van der Waals surface area contributed by atoms with Crippen molar-refractivity contribution < 1.29 is 4.79 Å². The summed E-state index contributed by atoms with van der Waals surface area (Å²) in [5.41, 5.74) is -0.183. The van der Waals surface area contributed by atoms with Crippen molar-refractivity contribution in [2.75, 3.05) is 13.1 Å². The maximum Gasteiger partial charge on any atom is 0.228 e. The molecular formula is C10H18BrNO. The van der Waals surface area contributed by atoms with Crippen molar-refractivity contribution in [3.8, 4) is 0 Å². The predicted molar refractivity (Wildman–Crippen MR) is 58.0 cm³/mol. The quantitative estimate of drug-likeness (QED) is 0.687. The Morgan fingerprint density at radius 3 is 2.62 bits per heavy atom. The lowest BCUT2D eigenvalue weighted by molar-refractivity contribution is -0.139. The van der Waals surface area contributed by atoms with Crippen LogP contribution < -0.4 is 0 Å². The van der Waals surface area contributed by atoms with Crippen LogP contribution in [-0.2, 0) is 4.79 Å². The minimum Gasteiger partial charge on any atom is -0.341 e. The zero-order valence-corrected chi connectivity index (χ0v) is 10.2. The highest BCUT2D eigenvalue weighted by molar-refractivity contribution is 9.09. The van der Waals surface area contributed by atoms with E-state index in [-0.39, 0.29) is 5.41 Å². The van der Waals surface area contributed by atoms with Gasteiger partial charge in [0.2, 0.25) is 5.91 Å². The van der Waals surface area contributed by atoms with Crippen LogP contribution in [0.4, 0.5) is 0 Å². The van der Waals surface area contributed by atoms with Gasteiger partial charge in [-0.25, -0.2) is 0 Å². The number of rotatable bonds is 2. The third-order valence-corrected chi connectivity index (χ3v) is 3.63. The summed E-state index contributed by atoms with van der Waals surface area (Å²) in [6.45, 7) is 7.91. The Kier molecular flexibility index (Phi) is 3.38.